The van der Waals surface area contributed by atoms with Crippen LogP contribution in [-0.4, -0.2) is 25.5 Å². The molecule has 2 rings (SSSR count). The minimum atomic E-state index is 0.497. The summed E-state index contributed by atoms with van der Waals surface area (Å²) in [6.45, 7) is 1.73. The fraction of sp³-hybridized carbons (Fsp3) is 0.500. The molecule has 1 fully saturated rings. The molecule has 82 valence electrons. The molecule has 0 aromatic heterocycles. The van der Waals surface area contributed by atoms with Gasteiger partial charge in [0.2, 0.25) is 0 Å². The number of ether oxygens (including phenoxy) is 1. The van der Waals surface area contributed by atoms with Gasteiger partial charge in [0, 0.05) is 18.0 Å². The lowest BCUT2D eigenvalue weighted by atomic mass is 10.2. The van der Waals surface area contributed by atoms with E-state index in [9.17, 15) is 0 Å². The van der Waals surface area contributed by atoms with Crippen molar-refractivity contribution in [3.8, 4) is 0 Å². The van der Waals surface area contributed by atoms with Crippen LogP contribution in [-0.2, 0) is 10.5 Å². The van der Waals surface area contributed by atoms with Crippen LogP contribution in [0.5, 0.6) is 0 Å². The largest absolute Gasteiger partial charge is 0.380 e. The van der Waals surface area contributed by atoms with Crippen LogP contribution in [0.2, 0.25) is 0 Å². The molecular formula is C12H17NOS. The molecule has 1 aromatic carbocycles. The minimum Gasteiger partial charge on any atom is -0.380 e. The van der Waals surface area contributed by atoms with E-state index in [1.165, 1.54) is 11.3 Å². The molecule has 3 heteroatoms. The van der Waals surface area contributed by atoms with Gasteiger partial charge in [-0.25, -0.2) is 0 Å². The second kappa shape index (κ2) is 5.42. The Labute approximate surface area is 95.4 Å². The molecule has 1 aliphatic heterocycles. The van der Waals surface area contributed by atoms with Crippen LogP contribution in [0.3, 0.4) is 0 Å². The fourth-order valence-corrected chi connectivity index (χ4v) is 2.27. The van der Waals surface area contributed by atoms with E-state index in [2.05, 4.69) is 35.8 Å². The summed E-state index contributed by atoms with van der Waals surface area (Å²) in [5, 5.41) is 3.48. The summed E-state index contributed by atoms with van der Waals surface area (Å²) in [5.41, 5.74) is 2.59. The van der Waals surface area contributed by atoms with E-state index < -0.39 is 0 Å². The third-order valence-electron chi connectivity index (χ3n) is 2.57. The third kappa shape index (κ3) is 3.14. The van der Waals surface area contributed by atoms with Gasteiger partial charge < -0.3 is 10.1 Å². The molecule has 0 spiro atoms. The molecule has 1 heterocycles. The first-order valence-corrected chi connectivity index (χ1v) is 6.70. The lowest BCUT2D eigenvalue weighted by Gasteiger charge is -2.12. The average molecular weight is 223 g/mol. The fourth-order valence-electron chi connectivity index (χ4n) is 1.75. The quantitative estimate of drug-likeness (QED) is 0.848. The smallest absolute Gasteiger partial charge is 0.0668 e. The zero-order valence-corrected chi connectivity index (χ0v) is 9.85. The van der Waals surface area contributed by atoms with E-state index in [0.29, 0.717) is 6.04 Å². The van der Waals surface area contributed by atoms with E-state index in [-0.39, 0.29) is 0 Å². The molecule has 0 radical (unpaired) electrons. The predicted octanol–water partition coefficient (Wildman–Crippen LogP) is 2.75. The van der Waals surface area contributed by atoms with Gasteiger partial charge in [-0.2, -0.15) is 11.8 Å². The molecule has 15 heavy (non-hydrogen) atoms. The van der Waals surface area contributed by atoms with Crippen molar-refractivity contribution in [2.45, 2.75) is 18.2 Å². The first-order valence-electron chi connectivity index (χ1n) is 5.30. The van der Waals surface area contributed by atoms with E-state index in [4.69, 9.17) is 4.74 Å². The number of hydrogen-bond acceptors (Lipinski definition) is 3. The highest BCUT2D eigenvalue weighted by Gasteiger charge is 2.14. The molecule has 1 N–H and O–H groups in total. The first kappa shape index (κ1) is 10.8. The standard InChI is InChI=1S/C12H17NOS/c1-15-9-10-2-4-11(5-3-10)13-12-6-7-14-8-12/h2-5,12-13H,6-9H2,1H3. The van der Waals surface area contributed by atoms with Crippen LogP contribution in [0.25, 0.3) is 0 Å². The van der Waals surface area contributed by atoms with Gasteiger partial charge in [0.05, 0.1) is 12.6 Å². The van der Waals surface area contributed by atoms with Crippen molar-refractivity contribution in [1.29, 1.82) is 0 Å². The normalized spacial score (nSPS) is 20.5. The number of benzene rings is 1. The van der Waals surface area contributed by atoms with Crippen molar-refractivity contribution in [1.82, 2.24) is 0 Å². The summed E-state index contributed by atoms with van der Waals surface area (Å²) in [5.74, 6) is 1.09. The number of nitrogens with one attached hydrogen (secondary N) is 1. The third-order valence-corrected chi connectivity index (χ3v) is 3.19. The van der Waals surface area contributed by atoms with Crippen LogP contribution in [0.4, 0.5) is 5.69 Å². The monoisotopic (exact) mass is 223 g/mol. The van der Waals surface area contributed by atoms with Crippen molar-refractivity contribution in [2.24, 2.45) is 0 Å². The van der Waals surface area contributed by atoms with Crippen LogP contribution < -0.4 is 5.32 Å². The summed E-state index contributed by atoms with van der Waals surface area (Å²) >= 11 is 1.85. The molecule has 0 saturated carbocycles. The van der Waals surface area contributed by atoms with E-state index in [1.54, 1.807) is 0 Å². The lowest BCUT2D eigenvalue weighted by molar-refractivity contribution is 0.195. The van der Waals surface area contributed by atoms with E-state index in [1.807, 2.05) is 11.8 Å². The Morgan fingerprint density at radius 3 is 2.80 bits per heavy atom. The topological polar surface area (TPSA) is 21.3 Å². The maximum atomic E-state index is 5.33. The zero-order chi connectivity index (χ0) is 10.5. The van der Waals surface area contributed by atoms with Gasteiger partial charge in [0.15, 0.2) is 0 Å². The average Bonchev–Trinajstić information content (AvgIpc) is 2.74. The Bertz CT molecular complexity index is 293. The van der Waals surface area contributed by atoms with Crippen LogP contribution in [0, 0.1) is 0 Å². The minimum absolute atomic E-state index is 0.497. The van der Waals surface area contributed by atoms with Gasteiger partial charge in [-0.15, -0.1) is 0 Å². The van der Waals surface area contributed by atoms with Crippen LogP contribution in [0.15, 0.2) is 24.3 Å². The van der Waals surface area contributed by atoms with Gasteiger partial charge >= 0.3 is 0 Å². The number of thioether (sulfide) groups is 1. The maximum absolute atomic E-state index is 5.33. The first-order chi connectivity index (χ1) is 7.38. The van der Waals surface area contributed by atoms with Crippen molar-refractivity contribution in [3.05, 3.63) is 29.8 Å². The van der Waals surface area contributed by atoms with Gasteiger partial charge in [-0.05, 0) is 30.4 Å². The molecular weight excluding hydrogens is 206 g/mol. The van der Waals surface area contributed by atoms with Crippen LogP contribution >= 0.6 is 11.8 Å². The van der Waals surface area contributed by atoms with Gasteiger partial charge in [0.25, 0.3) is 0 Å². The Hall–Kier alpha value is -0.670. The molecule has 1 aliphatic rings. The highest BCUT2D eigenvalue weighted by molar-refractivity contribution is 7.97. The Morgan fingerprint density at radius 1 is 1.40 bits per heavy atom. The highest BCUT2D eigenvalue weighted by Crippen LogP contribution is 2.16. The molecule has 0 amide bonds. The van der Waals surface area contributed by atoms with Crippen molar-refractivity contribution >= 4 is 17.4 Å². The molecule has 0 bridgehead atoms. The van der Waals surface area contributed by atoms with Crippen molar-refractivity contribution < 1.29 is 4.74 Å². The highest BCUT2D eigenvalue weighted by atomic mass is 32.2. The zero-order valence-electron chi connectivity index (χ0n) is 9.03. The SMILES string of the molecule is CSCc1ccc(NC2CCOC2)cc1. The predicted molar refractivity (Wildman–Crippen MR) is 66.5 cm³/mol. The Balaban J connectivity index is 1.91. The Morgan fingerprint density at radius 2 is 2.20 bits per heavy atom. The summed E-state index contributed by atoms with van der Waals surface area (Å²) in [7, 11) is 0. The Kier molecular flexibility index (Phi) is 3.92. The van der Waals surface area contributed by atoms with Gasteiger partial charge in [-0.1, -0.05) is 12.1 Å². The number of hydrogen-bond donors (Lipinski definition) is 1. The molecule has 0 aliphatic carbocycles. The molecule has 1 saturated heterocycles. The van der Waals surface area contributed by atoms with Crippen molar-refractivity contribution in [3.63, 3.8) is 0 Å². The molecule has 2 nitrogen and oxygen atoms in total. The van der Waals surface area contributed by atoms with Crippen LogP contribution in [0.1, 0.15) is 12.0 Å². The molecule has 1 atom stereocenters. The number of anilines is 1. The maximum Gasteiger partial charge on any atom is 0.0668 e. The van der Waals surface area contributed by atoms with Gasteiger partial charge in [-0.3, -0.25) is 0 Å². The summed E-state index contributed by atoms with van der Waals surface area (Å²) in [6, 6.07) is 9.19. The second-order valence-electron chi connectivity index (χ2n) is 3.83. The van der Waals surface area contributed by atoms with Gasteiger partial charge in [0.1, 0.15) is 0 Å². The second-order valence-corrected chi connectivity index (χ2v) is 4.70. The summed E-state index contributed by atoms with van der Waals surface area (Å²) < 4.78 is 5.33. The molecule has 1 aromatic rings. The van der Waals surface area contributed by atoms with E-state index in [0.717, 1.165) is 25.4 Å². The summed E-state index contributed by atoms with van der Waals surface area (Å²) in [4.78, 5) is 0. The van der Waals surface area contributed by atoms with E-state index >= 15 is 0 Å². The lowest BCUT2D eigenvalue weighted by Crippen LogP contribution is -2.18. The van der Waals surface area contributed by atoms with Crippen molar-refractivity contribution in [2.75, 3.05) is 24.8 Å². The summed E-state index contributed by atoms with van der Waals surface area (Å²) in [6.07, 6.45) is 3.24. The number of rotatable bonds is 4. The molecule has 1 unspecified atom stereocenters.